The molecule has 1 amide bonds. The van der Waals surface area contributed by atoms with Crippen molar-refractivity contribution in [1.82, 2.24) is 4.90 Å². The zero-order valence-corrected chi connectivity index (χ0v) is 28.7. The normalized spacial score (nSPS) is 28.8. The molecule has 4 bridgehead atoms. The number of rotatable bonds is 11. The predicted octanol–water partition coefficient (Wildman–Crippen LogP) is 6.62. The standard InChI is InChI=1S/C39H42ClNO8/c1-20-32(36(39(45)46)41-35(20)33(21(2)42)38(41)44)25-6-4-22(5-7-25)17-49-37-26(10-11-31(43)47-3)8-9-27(34(37)40)18-48-19-30-28-13-23-12-24(15-28)16-29(30)14-23/h4-11,19-21,23-24,28-29,33,35,42H,12-18H2,1-3H3,(H,45,46)/b11-10+,30-19?/t20-,21+,23?,24?,28?,29?,33+,35+/m0/s1. The number of hydrogen-bond acceptors (Lipinski definition) is 7. The van der Waals surface area contributed by atoms with Gasteiger partial charge in [-0.1, -0.05) is 54.9 Å². The summed E-state index contributed by atoms with van der Waals surface area (Å²) in [4.78, 5) is 38.2. The summed E-state index contributed by atoms with van der Waals surface area (Å²) >= 11 is 6.94. The highest BCUT2D eigenvalue weighted by Gasteiger charge is 2.60. The highest BCUT2D eigenvalue weighted by atomic mass is 35.5. The van der Waals surface area contributed by atoms with E-state index in [0.29, 0.717) is 39.3 Å². The van der Waals surface area contributed by atoms with Crippen molar-refractivity contribution in [1.29, 1.82) is 0 Å². The van der Waals surface area contributed by atoms with Crippen LogP contribution in [0.3, 0.4) is 0 Å². The summed E-state index contributed by atoms with van der Waals surface area (Å²) in [6.07, 6.45) is 10.5. The molecule has 2 aromatic carbocycles. The molecule has 2 heterocycles. The summed E-state index contributed by atoms with van der Waals surface area (Å²) in [7, 11) is 1.31. The molecule has 2 aromatic rings. The van der Waals surface area contributed by atoms with Crippen LogP contribution in [0.1, 0.15) is 68.2 Å². The van der Waals surface area contributed by atoms with E-state index in [1.807, 2.05) is 49.6 Å². The Morgan fingerprint density at radius 3 is 2.31 bits per heavy atom. The first-order valence-corrected chi connectivity index (χ1v) is 17.5. The fraction of sp³-hybridized carbons (Fsp3) is 0.462. The molecule has 0 spiro atoms. The lowest BCUT2D eigenvalue weighted by Gasteiger charge is -2.51. The minimum Gasteiger partial charge on any atom is -0.496 e. The van der Waals surface area contributed by atoms with Gasteiger partial charge < -0.3 is 29.3 Å². The van der Waals surface area contributed by atoms with Crippen molar-refractivity contribution in [3.63, 3.8) is 0 Å². The monoisotopic (exact) mass is 687 g/mol. The maximum atomic E-state index is 12.8. The van der Waals surface area contributed by atoms with Crippen molar-refractivity contribution in [3.05, 3.63) is 87.3 Å². The number of β-lactam (4-membered cyclic amide) rings is 1. The molecule has 258 valence electrons. The first-order chi connectivity index (χ1) is 23.5. The highest BCUT2D eigenvalue weighted by molar-refractivity contribution is 6.33. The van der Waals surface area contributed by atoms with Crippen molar-refractivity contribution >= 4 is 41.1 Å². The highest BCUT2D eigenvalue weighted by Crippen LogP contribution is 2.56. The lowest BCUT2D eigenvalue weighted by molar-refractivity contribution is -0.163. The topological polar surface area (TPSA) is 123 Å². The SMILES string of the molecule is COC(=O)/C=C/c1ccc(COC=C2C3CC4CC(C3)CC2C4)c(Cl)c1OCc1ccc(C2=C(C(=O)O)N3C(=O)[C@H]([C@@H](C)O)[C@H]3[C@H]2C)cc1. The number of ether oxygens (including phenoxy) is 3. The fourth-order valence-corrected chi connectivity index (χ4v) is 9.54. The van der Waals surface area contributed by atoms with Crippen LogP contribution >= 0.6 is 11.6 Å². The summed E-state index contributed by atoms with van der Waals surface area (Å²) in [6, 6.07) is 10.7. The van der Waals surface area contributed by atoms with Crippen LogP contribution in [0.5, 0.6) is 5.75 Å². The quantitative estimate of drug-likeness (QED) is 0.117. The Bertz CT molecular complexity index is 1730. The van der Waals surface area contributed by atoms with Gasteiger partial charge in [-0.2, -0.15) is 0 Å². The fourth-order valence-electron chi connectivity index (χ4n) is 9.26. The molecule has 2 N–H and O–H groups in total. The van der Waals surface area contributed by atoms with Gasteiger partial charge in [-0.25, -0.2) is 9.59 Å². The van der Waals surface area contributed by atoms with Gasteiger partial charge in [-0.15, -0.1) is 0 Å². The van der Waals surface area contributed by atoms with Gasteiger partial charge >= 0.3 is 11.9 Å². The Morgan fingerprint density at radius 1 is 1.02 bits per heavy atom. The Balaban J connectivity index is 1.08. The number of aliphatic hydroxyl groups excluding tert-OH is 1. The molecule has 9 nitrogen and oxygen atoms in total. The van der Waals surface area contributed by atoms with Crippen LogP contribution in [0.2, 0.25) is 5.02 Å². The molecule has 10 heteroatoms. The molecular formula is C39H42ClNO8. The molecule has 8 rings (SSSR count). The summed E-state index contributed by atoms with van der Waals surface area (Å²) < 4.78 is 17.2. The van der Waals surface area contributed by atoms with Crippen LogP contribution in [0, 0.1) is 35.5 Å². The molecule has 0 aromatic heterocycles. The van der Waals surface area contributed by atoms with Gasteiger partial charge in [0.15, 0.2) is 0 Å². The van der Waals surface area contributed by atoms with Crippen molar-refractivity contribution < 1.29 is 38.8 Å². The largest absolute Gasteiger partial charge is 0.496 e. The Hall–Kier alpha value is -4.08. The number of aliphatic carboxylic acids is 1. The molecule has 4 saturated carbocycles. The number of fused-ring (bicyclic) bond motifs is 1. The van der Waals surface area contributed by atoms with Crippen LogP contribution in [0.25, 0.3) is 11.6 Å². The van der Waals surface area contributed by atoms with Gasteiger partial charge in [-0.3, -0.25) is 4.79 Å². The molecular weight excluding hydrogens is 646 g/mol. The first kappa shape index (κ1) is 33.4. The predicted molar refractivity (Wildman–Crippen MR) is 183 cm³/mol. The van der Waals surface area contributed by atoms with Crippen LogP contribution < -0.4 is 4.74 Å². The number of hydrogen-bond donors (Lipinski definition) is 2. The second-order valence-corrected chi connectivity index (χ2v) is 14.7. The number of aliphatic hydroxyl groups is 1. The van der Waals surface area contributed by atoms with E-state index < -0.39 is 30.0 Å². The number of esters is 1. The van der Waals surface area contributed by atoms with Gasteiger partial charge in [0.2, 0.25) is 5.91 Å². The van der Waals surface area contributed by atoms with E-state index in [1.54, 1.807) is 13.0 Å². The lowest BCUT2D eigenvalue weighted by Crippen LogP contribution is -2.63. The van der Waals surface area contributed by atoms with Gasteiger partial charge in [0, 0.05) is 23.1 Å². The molecule has 4 aliphatic carbocycles. The van der Waals surface area contributed by atoms with E-state index in [4.69, 9.17) is 25.8 Å². The third-order valence-corrected chi connectivity index (χ3v) is 11.8. The zero-order valence-electron chi connectivity index (χ0n) is 27.9. The molecule has 49 heavy (non-hydrogen) atoms. The second-order valence-electron chi connectivity index (χ2n) is 14.4. The van der Waals surface area contributed by atoms with E-state index >= 15 is 0 Å². The number of allylic oxidation sites excluding steroid dienone is 1. The average Bonchev–Trinajstić information content (AvgIpc) is 3.33. The van der Waals surface area contributed by atoms with Gasteiger partial charge in [-0.05, 0) is 91.0 Å². The van der Waals surface area contributed by atoms with E-state index in [1.165, 1.54) is 55.8 Å². The Labute approximate surface area is 291 Å². The Kier molecular flexibility index (Phi) is 9.09. The molecule has 1 saturated heterocycles. The van der Waals surface area contributed by atoms with Crippen molar-refractivity contribution in [2.45, 2.75) is 71.3 Å². The van der Waals surface area contributed by atoms with Crippen molar-refractivity contribution in [2.75, 3.05) is 7.11 Å². The van der Waals surface area contributed by atoms with E-state index in [-0.39, 0.29) is 30.7 Å². The van der Waals surface area contributed by atoms with Crippen LogP contribution in [0.15, 0.2) is 60.0 Å². The Morgan fingerprint density at radius 2 is 1.69 bits per heavy atom. The molecule has 0 unspecified atom stereocenters. The average molecular weight is 688 g/mol. The number of carbonyl (C=O) groups is 3. The second kappa shape index (κ2) is 13.3. The van der Waals surface area contributed by atoms with Gasteiger partial charge in [0.1, 0.15) is 24.7 Å². The van der Waals surface area contributed by atoms with E-state index in [0.717, 1.165) is 23.0 Å². The first-order valence-electron chi connectivity index (χ1n) is 17.1. The van der Waals surface area contributed by atoms with E-state index in [9.17, 15) is 24.6 Å². The zero-order chi connectivity index (χ0) is 34.6. The molecule has 5 fully saturated rings. The van der Waals surface area contributed by atoms with Gasteiger partial charge in [0.05, 0.1) is 36.5 Å². The summed E-state index contributed by atoms with van der Waals surface area (Å²) in [6.45, 7) is 3.89. The maximum Gasteiger partial charge on any atom is 0.352 e. The minimum atomic E-state index is -1.17. The van der Waals surface area contributed by atoms with Crippen molar-refractivity contribution in [2.24, 2.45) is 35.5 Å². The van der Waals surface area contributed by atoms with Crippen LogP contribution in [0.4, 0.5) is 0 Å². The molecule has 4 atom stereocenters. The smallest absolute Gasteiger partial charge is 0.352 e. The lowest BCUT2D eigenvalue weighted by atomic mass is 9.54. The third kappa shape index (κ3) is 6.05. The van der Waals surface area contributed by atoms with Crippen molar-refractivity contribution in [3.8, 4) is 5.75 Å². The number of amides is 1. The van der Waals surface area contributed by atoms with Crippen LogP contribution in [-0.2, 0) is 37.1 Å². The maximum absolute atomic E-state index is 12.8. The molecule has 6 aliphatic rings. The minimum absolute atomic E-state index is 0.0322. The van der Waals surface area contributed by atoms with E-state index in [2.05, 4.69) is 0 Å². The number of halogens is 1. The molecule has 2 aliphatic heterocycles. The van der Waals surface area contributed by atoms with Crippen LogP contribution in [-0.4, -0.2) is 52.2 Å². The number of methoxy groups -OCH3 is 1. The third-order valence-electron chi connectivity index (χ3n) is 11.4. The summed E-state index contributed by atoms with van der Waals surface area (Å²) in [5.74, 6) is 0.508. The summed E-state index contributed by atoms with van der Waals surface area (Å²) in [5, 5.41) is 20.6. The molecule has 0 radical (unpaired) electrons. The number of carbonyl (C=O) groups excluding carboxylic acids is 2. The summed E-state index contributed by atoms with van der Waals surface area (Å²) in [5.41, 5.74) is 4.85. The number of carboxylic acid groups (broad SMARTS) is 1. The van der Waals surface area contributed by atoms with Gasteiger partial charge in [0.25, 0.3) is 0 Å². The number of carboxylic acids is 1. The number of nitrogens with zero attached hydrogens (tertiary/aromatic N) is 1. The number of benzene rings is 2.